The molecule has 0 aliphatic carbocycles. The van der Waals surface area contributed by atoms with Gasteiger partial charge in [-0.2, -0.15) is 0 Å². The van der Waals surface area contributed by atoms with Crippen LogP contribution >= 0.6 is 15.9 Å². The Morgan fingerprint density at radius 2 is 1.84 bits per heavy atom. The molecule has 0 bridgehead atoms. The summed E-state index contributed by atoms with van der Waals surface area (Å²) in [5.74, 6) is 0.756. The van der Waals surface area contributed by atoms with Crippen LogP contribution in [0, 0.1) is 12.7 Å². The zero-order valence-electron chi connectivity index (χ0n) is 10.7. The van der Waals surface area contributed by atoms with Gasteiger partial charge in [-0.3, -0.25) is 0 Å². The standard InChI is InChI=1S/C15H14BrFO2/c1-9-7-15(13(10(2)18)8-14(9)17)19-12-5-3-11(16)4-6-12/h3-8,10,18H,1-2H3/t10-/m1/s1. The first kappa shape index (κ1) is 14.0. The van der Waals surface area contributed by atoms with E-state index < -0.39 is 6.10 Å². The van der Waals surface area contributed by atoms with Crippen molar-refractivity contribution in [3.8, 4) is 11.5 Å². The molecule has 0 aliphatic rings. The second-order valence-corrected chi connectivity index (χ2v) is 5.29. The first-order chi connectivity index (χ1) is 8.97. The molecule has 2 aromatic carbocycles. The number of hydrogen-bond acceptors (Lipinski definition) is 2. The fraction of sp³-hybridized carbons (Fsp3) is 0.200. The molecule has 0 aromatic heterocycles. The third kappa shape index (κ3) is 3.33. The van der Waals surface area contributed by atoms with E-state index in [0.29, 0.717) is 22.6 Å². The summed E-state index contributed by atoms with van der Waals surface area (Å²) < 4.78 is 20.2. The molecule has 19 heavy (non-hydrogen) atoms. The third-order valence-electron chi connectivity index (χ3n) is 2.78. The lowest BCUT2D eigenvalue weighted by atomic mass is 10.1. The van der Waals surface area contributed by atoms with Crippen LogP contribution in [-0.2, 0) is 0 Å². The minimum Gasteiger partial charge on any atom is -0.457 e. The van der Waals surface area contributed by atoms with Gasteiger partial charge in [-0.05, 0) is 55.8 Å². The fourth-order valence-corrected chi connectivity index (χ4v) is 1.98. The van der Waals surface area contributed by atoms with Gasteiger partial charge >= 0.3 is 0 Å². The summed E-state index contributed by atoms with van der Waals surface area (Å²) >= 11 is 3.34. The van der Waals surface area contributed by atoms with Crippen molar-refractivity contribution in [2.45, 2.75) is 20.0 Å². The largest absolute Gasteiger partial charge is 0.457 e. The van der Waals surface area contributed by atoms with Gasteiger partial charge in [-0.1, -0.05) is 15.9 Å². The van der Waals surface area contributed by atoms with Crippen molar-refractivity contribution in [2.75, 3.05) is 0 Å². The van der Waals surface area contributed by atoms with Crippen LogP contribution in [0.25, 0.3) is 0 Å². The lowest BCUT2D eigenvalue weighted by Gasteiger charge is -2.14. The molecular formula is C15H14BrFO2. The van der Waals surface area contributed by atoms with E-state index >= 15 is 0 Å². The first-order valence-electron chi connectivity index (χ1n) is 5.89. The summed E-state index contributed by atoms with van der Waals surface area (Å²) in [4.78, 5) is 0. The average Bonchev–Trinajstić information content (AvgIpc) is 2.36. The van der Waals surface area contributed by atoms with E-state index in [4.69, 9.17) is 4.74 Å². The third-order valence-corrected chi connectivity index (χ3v) is 3.31. The monoisotopic (exact) mass is 324 g/mol. The van der Waals surface area contributed by atoms with E-state index in [1.807, 2.05) is 12.1 Å². The highest BCUT2D eigenvalue weighted by molar-refractivity contribution is 9.10. The van der Waals surface area contributed by atoms with Crippen LogP contribution in [0.15, 0.2) is 40.9 Å². The van der Waals surface area contributed by atoms with E-state index in [-0.39, 0.29) is 5.82 Å². The molecule has 0 aliphatic heterocycles. The van der Waals surface area contributed by atoms with Crippen molar-refractivity contribution >= 4 is 15.9 Å². The minimum atomic E-state index is -0.791. The van der Waals surface area contributed by atoms with Crippen LogP contribution < -0.4 is 4.74 Å². The van der Waals surface area contributed by atoms with Gasteiger partial charge in [0.2, 0.25) is 0 Å². The highest BCUT2D eigenvalue weighted by Gasteiger charge is 2.13. The molecule has 0 heterocycles. The van der Waals surface area contributed by atoms with Crippen molar-refractivity contribution in [3.05, 3.63) is 57.8 Å². The molecule has 0 radical (unpaired) electrons. The van der Waals surface area contributed by atoms with Gasteiger partial charge in [-0.25, -0.2) is 4.39 Å². The van der Waals surface area contributed by atoms with Crippen LogP contribution in [0.4, 0.5) is 4.39 Å². The molecular weight excluding hydrogens is 311 g/mol. The van der Waals surface area contributed by atoms with Gasteiger partial charge in [0.05, 0.1) is 6.10 Å². The van der Waals surface area contributed by atoms with E-state index in [9.17, 15) is 9.50 Å². The summed E-state index contributed by atoms with van der Waals surface area (Å²) in [5.41, 5.74) is 0.919. The summed E-state index contributed by atoms with van der Waals surface area (Å²) in [6.07, 6.45) is -0.791. The maximum absolute atomic E-state index is 13.5. The highest BCUT2D eigenvalue weighted by atomic mass is 79.9. The molecule has 2 rings (SSSR count). The Morgan fingerprint density at radius 1 is 1.21 bits per heavy atom. The Bertz CT molecular complexity index is 579. The Labute approximate surface area is 120 Å². The predicted molar refractivity (Wildman–Crippen MR) is 76.0 cm³/mol. The number of halogens is 2. The van der Waals surface area contributed by atoms with Crippen LogP contribution in [0.3, 0.4) is 0 Å². The quantitative estimate of drug-likeness (QED) is 0.883. The smallest absolute Gasteiger partial charge is 0.133 e. The van der Waals surface area contributed by atoms with Crippen molar-refractivity contribution < 1.29 is 14.2 Å². The highest BCUT2D eigenvalue weighted by Crippen LogP contribution is 2.32. The van der Waals surface area contributed by atoms with Crippen LogP contribution in [0.1, 0.15) is 24.2 Å². The lowest BCUT2D eigenvalue weighted by molar-refractivity contribution is 0.195. The van der Waals surface area contributed by atoms with Crippen molar-refractivity contribution in [3.63, 3.8) is 0 Å². The Hall–Kier alpha value is -1.39. The minimum absolute atomic E-state index is 0.348. The Morgan fingerprint density at radius 3 is 2.42 bits per heavy atom. The van der Waals surface area contributed by atoms with Crippen LogP contribution in [0.2, 0.25) is 0 Å². The molecule has 0 amide bonds. The molecule has 100 valence electrons. The number of hydrogen-bond donors (Lipinski definition) is 1. The van der Waals surface area contributed by atoms with E-state index in [2.05, 4.69) is 15.9 Å². The van der Waals surface area contributed by atoms with E-state index in [1.54, 1.807) is 32.0 Å². The van der Waals surface area contributed by atoms with Gasteiger partial charge in [0.15, 0.2) is 0 Å². The number of aryl methyl sites for hydroxylation is 1. The Balaban J connectivity index is 2.38. The number of aliphatic hydroxyl groups excluding tert-OH is 1. The molecule has 2 nitrogen and oxygen atoms in total. The van der Waals surface area contributed by atoms with E-state index in [0.717, 1.165) is 4.47 Å². The van der Waals surface area contributed by atoms with Gasteiger partial charge in [0.25, 0.3) is 0 Å². The molecule has 0 unspecified atom stereocenters. The van der Waals surface area contributed by atoms with Gasteiger partial charge < -0.3 is 9.84 Å². The second-order valence-electron chi connectivity index (χ2n) is 4.37. The number of rotatable bonds is 3. The topological polar surface area (TPSA) is 29.5 Å². The molecule has 1 N–H and O–H groups in total. The molecule has 2 aromatic rings. The summed E-state index contributed by atoms with van der Waals surface area (Å²) in [6, 6.07) is 10.2. The predicted octanol–water partition coefficient (Wildman–Crippen LogP) is 4.74. The second kappa shape index (κ2) is 5.72. The molecule has 0 fully saturated rings. The van der Waals surface area contributed by atoms with Crippen LogP contribution in [0.5, 0.6) is 11.5 Å². The zero-order chi connectivity index (χ0) is 14.0. The van der Waals surface area contributed by atoms with Crippen LogP contribution in [-0.4, -0.2) is 5.11 Å². The molecule has 0 saturated heterocycles. The molecule has 0 spiro atoms. The number of ether oxygens (including phenoxy) is 1. The zero-order valence-corrected chi connectivity index (χ0v) is 12.2. The normalized spacial score (nSPS) is 12.3. The maximum atomic E-state index is 13.5. The summed E-state index contributed by atoms with van der Waals surface area (Å²) in [5, 5.41) is 9.69. The van der Waals surface area contributed by atoms with Crippen molar-refractivity contribution in [1.29, 1.82) is 0 Å². The summed E-state index contributed by atoms with van der Waals surface area (Å²) in [7, 11) is 0. The molecule has 4 heteroatoms. The van der Waals surface area contributed by atoms with Crippen molar-refractivity contribution in [2.24, 2.45) is 0 Å². The SMILES string of the molecule is Cc1cc(Oc2ccc(Br)cc2)c([C@@H](C)O)cc1F. The number of benzene rings is 2. The lowest BCUT2D eigenvalue weighted by Crippen LogP contribution is -1.99. The Kier molecular flexibility index (Phi) is 4.22. The first-order valence-corrected chi connectivity index (χ1v) is 6.68. The number of aliphatic hydroxyl groups is 1. The maximum Gasteiger partial charge on any atom is 0.133 e. The molecule has 1 atom stereocenters. The van der Waals surface area contributed by atoms with Gasteiger partial charge in [0.1, 0.15) is 17.3 Å². The fourth-order valence-electron chi connectivity index (χ4n) is 1.71. The van der Waals surface area contributed by atoms with Gasteiger partial charge in [-0.15, -0.1) is 0 Å². The van der Waals surface area contributed by atoms with Crippen molar-refractivity contribution in [1.82, 2.24) is 0 Å². The molecule has 0 saturated carbocycles. The summed E-state index contributed by atoms with van der Waals surface area (Å²) in [6.45, 7) is 3.24. The van der Waals surface area contributed by atoms with Gasteiger partial charge in [0, 0.05) is 10.0 Å². The average molecular weight is 325 g/mol. The van der Waals surface area contributed by atoms with E-state index in [1.165, 1.54) is 6.07 Å².